The van der Waals surface area contributed by atoms with Gasteiger partial charge in [0.1, 0.15) is 11.1 Å². The number of hydrogen-bond donors (Lipinski definition) is 1. The van der Waals surface area contributed by atoms with Crippen LogP contribution in [0.1, 0.15) is 56.5 Å². The van der Waals surface area contributed by atoms with E-state index in [1.807, 2.05) is 12.1 Å². The van der Waals surface area contributed by atoms with E-state index in [4.69, 9.17) is 0 Å². The molecule has 0 saturated carbocycles. The molecule has 1 unspecified atom stereocenters. The van der Waals surface area contributed by atoms with Gasteiger partial charge in [-0.3, -0.25) is 4.79 Å². The van der Waals surface area contributed by atoms with Crippen LogP contribution in [0.5, 0.6) is 0 Å². The van der Waals surface area contributed by atoms with Gasteiger partial charge >= 0.3 is 0 Å². The molecule has 3 aromatic heterocycles. The number of amides is 1. The molecule has 3 heterocycles. The smallest absolute Gasteiger partial charge is 0.235 e. The van der Waals surface area contributed by atoms with Gasteiger partial charge < -0.3 is 9.88 Å². The third-order valence-electron chi connectivity index (χ3n) is 7.73. The lowest BCUT2D eigenvalue weighted by Crippen LogP contribution is -2.28. The number of carbonyl (C=O) groups excluding carboxylic acids is 1. The number of anilines is 1. The van der Waals surface area contributed by atoms with Crippen molar-refractivity contribution in [1.29, 1.82) is 5.26 Å². The minimum Gasteiger partial charge on any atom is -0.316 e. The maximum Gasteiger partial charge on any atom is 0.235 e. The zero-order chi connectivity index (χ0) is 26.2. The van der Waals surface area contributed by atoms with Crippen molar-refractivity contribution in [3.63, 3.8) is 0 Å². The number of nitrogens with zero attached hydrogens (tertiary/aromatic N) is 4. The largest absolute Gasteiger partial charge is 0.316 e. The van der Waals surface area contributed by atoms with E-state index in [0.29, 0.717) is 23.0 Å². The predicted molar refractivity (Wildman–Crippen MR) is 154 cm³/mol. The molecule has 0 radical (unpaired) electrons. The highest BCUT2D eigenvalue weighted by molar-refractivity contribution is 7.99. The van der Waals surface area contributed by atoms with Gasteiger partial charge in [-0.2, -0.15) is 5.26 Å². The third-order valence-corrected chi connectivity index (χ3v) is 10.8. The molecule has 1 aromatic carbocycles. The van der Waals surface area contributed by atoms with Gasteiger partial charge in [0.2, 0.25) is 5.91 Å². The zero-order valence-electron chi connectivity index (χ0n) is 21.6. The van der Waals surface area contributed by atoms with Crippen LogP contribution in [0.4, 0.5) is 5.00 Å². The van der Waals surface area contributed by atoms with E-state index in [2.05, 4.69) is 71.4 Å². The van der Waals surface area contributed by atoms with Gasteiger partial charge in [0.05, 0.1) is 11.3 Å². The Balaban J connectivity index is 1.29. The van der Waals surface area contributed by atoms with Gasteiger partial charge in [-0.05, 0) is 49.1 Å². The van der Waals surface area contributed by atoms with Crippen LogP contribution in [0.25, 0.3) is 21.5 Å². The minimum absolute atomic E-state index is 0.126. The molecule has 0 fully saturated rings. The minimum atomic E-state index is -0.126. The molecule has 1 aliphatic rings. The first-order valence-electron chi connectivity index (χ1n) is 12.7. The van der Waals surface area contributed by atoms with Crippen molar-refractivity contribution in [2.24, 2.45) is 11.3 Å². The summed E-state index contributed by atoms with van der Waals surface area (Å²) in [5.41, 5.74) is 3.13. The van der Waals surface area contributed by atoms with Crippen molar-refractivity contribution < 1.29 is 4.79 Å². The number of fused-ring (bicyclic) bond motifs is 2. The van der Waals surface area contributed by atoms with E-state index in [9.17, 15) is 10.1 Å². The van der Waals surface area contributed by atoms with Crippen LogP contribution >= 0.6 is 34.4 Å². The van der Waals surface area contributed by atoms with Gasteiger partial charge in [0, 0.05) is 32.5 Å². The monoisotopic (exact) mass is 549 g/mol. The first-order valence-corrected chi connectivity index (χ1v) is 15.4. The number of benzene rings is 1. The van der Waals surface area contributed by atoms with E-state index in [1.165, 1.54) is 26.7 Å². The maximum absolute atomic E-state index is 13.0. The Morgan fingerprint density at radius 3 is 2.86 bits per heavy atom. The number of nitrogens with one attached hydrogen (secondary N) is 1. The Morgan fingerprint density at radius 2 is 2.11 bits per heavy atom. The fourth-order valence-electron chi connectivity index (χ4n) is 5.07. The van der Waals surface area contributed by atoms with E-state index >= 15 is 0 Å². The molecule has 192 valence electrons. The molecule has 37 heavy (non-hydrogen) atoms. The normalized spacial score (nSPS) is 15.5. The summed E-state index contributed by atoms with van der Waals surface area (Å²) in [6.07, 6.45) is 4.13. The van der Waals surface area contributed by atoms with Crippen LogP contribution < -0.4 is 5.32 Å². The van der Waals surface area contributed by atoms with E-state index < -0.39 is 0 Å². The Labute approximate surface area is 230 Å². The van der Waals surface area contributed by atoms with Crippen LogP contribution in [0.2, 0.25) is 0 Å². The lowest BCUT2D eigenvalue weighted by atomic mass is 9.69. The molecule has 4 aromatic rings. The Morgan fingerprint density at radius 1 is 1.30 bits per heavy atom. The van der Waals surface area contributed by atoms with Crippen LogP contribution in [0.15, 0.2) is 34.8 Å². The summed E-state index contributed by atoms with van der Waals surface area (Å²) in [5, 5.41) is 26.5. The van der Waals surface area contributed by atoms with Crippen LogP contribution in [-0.4, -0.2) is 26.4 Å². The van der Waals surface area contributed by atoms with E-state index in [1.54, 1.807) is 22.7 Å². The first kappa shape index (κ1) is 26.0. The Hall–Kier alpha value is -2.67. The van der Waals surface area contributed by atoms with Crippen LogP contribution in [0, 0.1) is 22.7 Å². The summed E-state index contributed by atoms with van der Waals surface area (Å²) in [7, 11) is 0. The molecular formula is C28H31N5OS3. The number of nitriles is 1. The van der Waals surface area contributed by atoms with Crippen molar-refractivity contribution in [2.45, 2.75) is 65.1 Å². The molecular weight excluding hydrogens is 519 g/mol. The maximum atomic E-state index is 13.0. The lowest BCUT2D eigenvalue weighted by molar-refractivity contribution is -0.113. The molecule has 6 nitrogen and oxygen atoms in total. The Bertz CT molecular complexity index is 1490. The van der Waals surface area contributed by atoms with E-state index in [0.717, 1.165) is 47.8 Å². The highest BCUT2D eigenvalue weighted by atomic mass is 32.2. The molecule has 1 atom stereocenters. The van der Waals surface area contributed by atoms with Gasteiger partial charge in [0.25, 0.3) is 0 Å². The van der Waals surface area contributed by atoms with Crippen molar-refractivity contribution in [2.75, 3.05) is 11.1 Å². The highest BCUT2D eigenvalue weighted by Gasteiger charge is 2.34. The first-order chi connectivity index (χ1) is 17.9. The van der Waals surface area contributed by atoms with Gasteiger partial charge in [-0.25, -0.2) is 0 Å². The highest BCUT2D eigenvalue weighted by Crippen LogP contribution is 2.45. The number of thiophene rings is 2. The van der Waals surface area contributed by atoms with Crippen molar-refractivity contribution in [1.82, 2.24) is 14.8 Å². The number of carbonyl (C=O) groups is 1. The summed E-state index contributed by atoms with van der Waals surface area (Å²) in [5.74, 6) is 1.51. The van der Waals surface area contributed by atoms with Gasteiger partial charge in [-0.15, -0.1) is 32.9 Å². The molecule has 0 aliphatic heterocycles. The summed E-state index contributed by atoms with van der Waals surface area (Å²) < 4.78 is 3.28. The van der Waals surface area contributed by atoms with Crippen LogP contribution in [0.3, 0.4) is 0 Å². The predicted octanol–water partition coefficient (Wildman–Crippen LogP) is 7.38. The summed E-state index contributed by atoms with van der Waals surface area (Å²) >= 11 is 4.66. The second-order valence-electron chi connectivity index (χ2n) is 10.1. The molecule has 0 spiro atoms. The summed E-state index contributed by atoms with van der Waals surface area (Å²) in [6.45, 7) is 9.69. The number of hydrogen-bond acceptors (Lipinski definition) is 7. The van der Waals surface area contributed by atoms with Gasteiger partial charge in [-0.1, -0.05) is 57.2 Å². The molecule has 5 rings (SSSR count). The zero-order valence-corrected chi connectivity index (χ0v) is 24.1. The standard InChI is InChI=1S/C28H31N5OS3/c1-5-28(3,4)17-11-12-19-20(14-29)26(37-23(19)13-17)30-24(34)16-36-27-32-31-25(33(27)6-2)21-15-35-22-10-8-7-9-18(21)22/h7-10,15,17H,5-6,11-13,16H2,1-4H3,(H,30,34). The third kappa shape index (κ3) is 4.95. The average molecular weight is 550 g/mol. The molecule has 1 amide bonds. The summed E-state index contributed by atoms with van der Waals surface area (Å²) in [4.78, 5) is 14.2. The number of aromatic nitrogens is 3. The summed E-state index contributed by atoms with van der Waals surface area (Å²) in [6, 6.07) is 10.7. The van der Waals surface area contributed by atoms with Gasteiger partial charge in [0.15, 0.2) is 11.0 Å². The van der Waals surface area contributed by atoms with Crippen molar-refractivity contribution in [3.05, 3.63) is 45.6 Å². The van der Waals surface area contributed by atoms with E-state index in [-0.39, 0.29) is 17.1 Å². The Kier molecular flexibility index (Phi) is 7.44. The van der Waals surface area contributed by atoms with Crippen molar-refractivity contribution in [3.8, 4) is 17.5 Å². The molecule has 0 bridgehead atoms. The lowest BCUT2D eigenvalue weighted by Gasteiger charge is -2.36. The second-order valence-corrected chi connectivity index (χ2v) is 13.1. The number of thioether (sulfide) groups is 1. The van der Waals surface area contributed by atoms with Crippen molar-refractivity contribution >= 4 is 55.4 Å². The quantitative estimate of drug-likeness (QED) is 0.232. The molecule has 1 N–H and O–H groups in total. The molecule has 9 heteroatoms. The fraction of sp³-hybridized carbons (Fsp3) is 0.429. The second kappa shape index (κ2) is 10.6. The molecule has 0 saturated heterocycles. The number of rotatable bonds is 8. The fourth-order valence-corrected chi connectivity index (χ4v) is 8.11. The average Bonchev–Trinajstić information content (AvgIpc) is 3.60. The SMILES string of the molecule is CCn1c(SCC(=O)Nc2sc3c(c2C#N)CCC(C(C)(C)CC)C3)nnc1-c1csc2ccccc12. The molecule has 1 aliphatic carbocycles. The van der Waals surface area contributed by atoms with Crippen LogP contribution in [-0.2, 0) is 24.2 Å². The topological polar surface area (TPSA) is 83.6 Å².